The van der Waals surface area contributed by atoms with Crippen LogP contribution < -0.4 is 21.3 Å². The number of hydrogen-bond donors (Lipinski definition) is 4. The number of nitrogens with one attached hydrogen (secondary N) is 4. The first kappa shape index (κ1) is 16.3. The van der Waals surface area contributed by atoms with Crippen LogP contribution in [0.25, 0.3) is 0 Å². The van der Waals surface area contributed by atoms with Crippen molar-refractivity contribution in [1.82, 2.24) is 21.3 Å². The third-order valence-electron chi connectivity index (χ3n) is 2.14. The minimum Gasteiger partial charge on any atom is -0.335 e. The van der Waals surface area contributed by atoms with E-state index in [0.29, 0.717) is 6.04 Å². The standard InChI is InChI=1S/C7H10N2O2.C5H12N2/c1-3-6(10)8-5-9-7(11)4-2;1-5-4-6-2-3-7-5/h3-4H,1-2,5H2,(H,8,10)(H,9,11);5-7H,2-4H2,1H3. The number of hydrogen-bond acceptors (Lipinski definition) is 4. The molecule has 4 N–H and O–H groups in total. The van der Waals surface area contributed by atoms with Crippen molar-refractivity contribution in [1.29, 1.82) is 0 Å². The van der Waals surface area contributed by atoms with E-state index in [9.17, 15) is 9.59 Å². The molecule has 1 aliphatic heterocycles. The fourth-order valence-electron chi connectivity index (χ4n) is 1.16. The van der Waals surface area contributed by atoms with Crippen molar-refractivity contribution in [2.45, 2.75) is 13.0 Å². The first-order chi connectivity index (χ1) is 8.60. The quantitative estimate of drug-likeness (QED) is 0.388. The summed E-state index contributed by atoms with van der Waals surface area (Å²) in [6, 6.07) is 0.675. The second-order valence-electron chi connectivity index (χ2n) is 3.73. The van der Waals surface area contributed by atoms with E-state index in [-0.39, 0.29) is 18.5 Å². The Labute approximate surface area is 108 Å². The van der Waals surface area contributed by atoms with Crippen molar-refractivity contribution in [3.05, 3.63) is 25.3 Å². The van der Waals surface area contributed by atoms with Gasteiger partial charge in [-0.15, -0.1) is 0 Å². The van der Waals surface area contributed by atoms with E-state index in [1.165, 1.54) is 0 Å². The van der Waals surface area contributed by atoms with Gasteiger partial charge in [0.2, 0.25) is 11.8 Å². The van der Waals surface area contributed by atoms with Gasteiger partial charge in [-0.25, -0.2) is 0 Å². The molecule has 2 amide bonds. The summed E-state index contributed by atoms with van der Waals surface area (Å²) < 4.78 is 0. The molecule has 0 aromatic heterocycles. The summed E-state index contributed by atoms with van der Waals surface area (Å²) in [5.74, 6) is -0.649. The Hall–Kier alpha value is -1.66. The maximum atomic E-state index is 10.5. The summed E-state index contributed by atoms with van der Waals surface area (Å²) in [6.45, 7) is 12.1. The van der Waals surface area contributed by atoms with E-state index in [2.05, 4.69) is 41.3 Å². The lowest BCUT2D eigenvalue weighted by molar-refractivity contribution is -0.118. The number of piperazine rings is 1. The molecule has 6 nitrogen and oxygen atoms in total. The van der Waals surface area contributed by atoms with E-state index in [1.54, 1.807) is 0 Å². The van der Waals surface area contributed by atoms with Crippen molar-refractivity contribution in [2.75, 3.05) is 26.3 Å². The summed E-state index contributed by atoms with van der Waals surface area (Å²) in [6.07, 6.45) is 2.25. The first-order valence-electron chi connectivity index (χ1n) is 5.84. The van der Waals surface area contributed by atoms with Crippen LogP contribution in [0.3, 0.4) is 0 Å². The SMILES string of the molecule is C=CC(=O)NCNC(=O)C=C.CC1CNCCN1. The van der Waals surface area contributed by atoms with Crippen LogP contribution in [0.4, 0.5) is 0 Å². The van der Waals surface area contributed by atoms with Crippen LogP contribution in [0.1, 0.15) is 6.92 Å². The van der Waals surface area contributed by atoms with Crippen molar-refractivity contribution in [3.63, 3.8) is 0 Å². The van der Waals surface area contributed by atoms with Crippen LogP contribution >= 0.6 is 0 Å². The first-order valence-corrected chi connectivity index (χ1v) is 5.84. The van der Waals surface area contributed by atoms with Crippen molar-refractivity contribution in [3.8, 4) is 0 Å². The van der Waals surface area contributed by atoms with Crippen molar-refractivity contribution < 1.29 is 9.59 Å². The van der Waals surface area contributed by atoms with Gasteiger partial charge in [-0.2, -0.15) is 0 Å². The fraction of sp³-hybridized carbons (Fsp3) is 0.500. The third kappa shape index (κ3) is 9.56. The van der Waals surface area contributed by atoms with E-state index in [1.807, 2.05) is 0 Å². The molecule has 1 fully saturated rings. The topological polar surface area (TPSA) is 82.3 Å². The highest BCUT2D eigenvalue weighted by molar-refractivity contribution is 5.89. The second-order valence-corrected chi connectivity index (χ2v) is 3.73. The number of amides is 2. The molecule has 0 saturated carbocycles. The Morgan fingerprint density at radius 3 is 2.06 bits per heavy atom. The zero-order valence-corrected chi connectivity index (χ0v) is 10.8. The Morgan fingerprint density at radius 1 is 1.22 bits per heavy atom. The number of carbonyl (C=O) groups excluding carboxylic acids is 2. The fourth-order valence-corrected chi connectivity index (χ4v) is 1.16. The summed E-state index contributed by atoms with van der Waals surface area (Å²) in [5, 5.41) is 11.3. The van der Waals surface area contributed by atoms with Gasteiger partial charge in [0, 0.05) is 25.7 Å². The number of carbonyl (C=O) groups is 2. The summed E-state index contributed by atoms with van der Waals surface area (Å²) >= 11 is 0. The normalized spacial score (nSPS) is 17.7. The highest BCUT2D eigenvalue weighted by atomic mass is 16.2. The summed E-state index contributed by atoms with van der Waals surface area (Å²) in [5.41, 5.74) is 0. The molecule has 0 aliphatic carbocycles. The van der Waals surface area contributed by atoms with Crippen LogP contribution in [-0.4, -0.2) is 44.2 Å². The molecule has 1 rings (SSSR count). The molecule has 0 aromatic carbocycles. The molecule has 1 atom stereocenters. The Kier molecular flexibility index (Phi) is 9.52. The lowest BCUT2D eigenvalue weighted by atomic mass is 10.3. The summed E-state index contributed by atoms with van der Waals surface area (Å²) in [4.78, 5) is 21.0. The minimum absolute atomic E-state index is 0.0930. The zero-order chi connectivity index (χ0) is 13.8. The smallest absolute Gasteiger partial charge is 0.244 e. The molecule has 6 heteroatoms. The van der Waals surface area contributed by atoms with Crippen LogP contribution in [-0.2, 0) is 9.59 Å². The average Bonchev–Trinajstić information content (AvgIpc) is 2.39. The summed E-state index contributed by atoms with van der Waals surface area (Å²) in [7, 11) is 0. The van der Waals surface area contributed by atoms with Gasteiger partial charge >= 0.3 is 0 Å². The molecule has 102 valence electrons. The molecule has 0 bridgehead atoms. The number of rotatable bonds is 4. The molecule has 0 aromatic rings. The van der Waals surface area contributed by atoms with Crippen LogP contribution in [0.15, 0.2) is 25.3 Å². The largest absolute Gasteiger partial charge is 0.335 e. The predicted octanol–water partition coefficient (Wildman–Crippen LogP) is -0.884. The maximum absolute atomic E-state index is 10.5. The van der Waals surface area contributed by atoms with Crippen LogP contribution in [0.2, 0.25) is 0 Å². The molecule has 1 unspecified atom stereocenters. The molecule has 1 saturated heterocycles. The van der Waals surface area contributed by atoms with Gasteiger partial charge in [-0.05, 0) is 19.1 Å². The van der Waals surface area contributed by atoms with Gasteiger partial charge in [-0.1, -0.05) is 13.2 Å². The van der Waals surface area contributed by atoms with E-state index >= 15 is 0 Å². The van der Waals surface area contributed by atoms with Gasteiger partial charge in [0.1, 0.15) is 0 Å². The maximum Gasteiger partial charge on any atom is 0.244 e. The second kappa shape index (κ2) is 10.5. The van der Waals surface area contributed by atoms with Gasteiger partial charge in [0.25, 0.3) is 0 Å². The van der Waals surface area contributed by atoms with Crippen molar-refractivity contribution >= 4 is 11.8 Å². The van der Waals surface area contributed by atoms with Crippen LogP contribution in [0.5, 0.6) is 0 Å². The molecule has 0 spiro atoms. The molecule has 1 heterocycles. The lowest BCUT2D eigenvalue weighted by Gasteiger charge is -2.19. The highest BCUT2D eigenvalue weighted by Gasteiger charge is 2.03. The molecular formula is C12H22N4O2. The Morgan fingerprint density at radius 2 is 1.78 bits per heavy atom. The van der Waals surface area contributed by atoms with Crippen LogP contribution in [0, 0.1) is 0 Å². The average molecular weight is 254 g/mol. The highest BCUT2D eigenvalue weighted by Crippen LogP contribution is 1.80. The van der Waals surface area contributed by atoms with Gasteiger partial charge in [-0.3, -0.25) is 9.59 Å². The predicted molar refractivity (Wildman–Crippen MR) is 71.9 cm³/mol. The molecule has 18 heavy (non-hydrogen) atoms. The van der Waals surface area contributed by atoms with Gasteiger partial charge in [0.05, 0.1) is 6.67 Å². The van der Waals surface area contributed by atoms with E-state index < -0.39 is 0 Å². The molecule has 1 aliphatic rings. The Balaban J connectivity index is 0.000000351. The monoisotopic (exact) mass is 254 g/mol. The van der Waals surface area contributed by atoms with Gasteiger partial charge < -0.3 is 21.3 Å². The minimum atomic E-state index is -0.325. The lowest BCUT2D eigenvalue weighted by Crippen LogP contribution is -2.46. The Bertz CT molecular complexity index is 266. The molecule has 0 radical (unpaired) electrons. The van der Waals surface area contributed by atoms with E-state index in [0.717, 1.165) is 31.8 Å². The zero-order valence-electron chi connectivity index (χ0n) is 10.8. The van der Waals surface area contributed by atoms with E-state index in [4.69, 9.17) is 0 Å². The van der Waals surface area contributed by atoms with Crippen molar-refractivity contribution in [2.24, 2.45) is 0 Å². The third-order valence-corrected chi connectivity index (χ3v) is 2.14. The molecular weight excluding hydrogens is 232 g/mol. The van der Waals surface area contributed by atoms with Gasteiger partial charge in [0.15, 0.2) is 0 Å².